The lowest BCUT2D eigenvalue weighted by molar-refractivity contribution is -0.192. The van der Waals surface area contributed by atoms with Gasteiger partial charge in [-0.25, -0.2) is 8.42 Å². The first-order valence-electron chi connectivity index (χ1n) is 9.16. The molecule has 0 aromatic heterocycles. The summed E-state index contributed by atoms with van der Waals surface area (Å²) in [7, 11) is -2.73. The maximum absolute atomic E-state index is 13.3. The summed E-state index contributed by atoms with van der Waals surface area (Å²) in [5.41, 5.74) is 1.08. The third-order valence-electron chi connectivity index (χ3n) is 4.89. The van der Waals surface area contributed by atoms with Crippen LogP contribution in [0.5, 0.6) is 5.75 Å². The molecule has 30 heavy (non-hydrogen) atoms. The molecule has 1 saturated heterocycles. The second-order valence-corrected chi connectivity index (χ2v) is 8.82. The van der Waals surface area contributed by atoms with Crippen molar-refractivity contribution in [1.82, 2.24) is 9.21 Å². The summed E-state index contributed by atoms with van der Waals surface area (Å²) in [4.78, 5) is 12.7. The number of carbonyl (C=O) groups excluding carboxylic acids is 1. The minimum Gasteiger partial charge on any atom is -0.497 e. The lowest BCUT2D eigenvalue weighted by Crippen LogP contribution is -2.55. The first-order chi connectivity index (χ1) is 14.1. The molecular weight excluding hydrogens is 421 g/mol. The van der Waals surface area contributed by atoms with Crippen LogP contribution in [0.2, 0.25) is 0 Å². The van der Waals surface area contributed by atoms with Crippen molar-refractivity contribution in [1.29, 1.82) is 0 Å². The second kappa shape index (κ2) is 8.27. The van der Waals surface area contributed by atoms with Crippen LogP contribution in [-0.4, -0.2) is 49.9 Å². The number of halogens is 3. The van der Waals surface area contributed by atoms with E-state index in [1.54, 1.807) is 19.1 Å². The minimum atomic E-state index is -5.12. The quantitative estimate of drug-likeness (QED) is 0.727. The zero-order chi connectivity index (χ0) is 22.1. The number of rotatable bonds is 4. The smallest absolute Gasteiger partial charge is 0.471 e. The van der Waals surface area contributed by atoms with Gasteiger partial charge < -0.3 is 9.64 Å². The summed E-state index contributed by atoms with van der Waals surface area (Å²) in [6.07, 6.45) is -6.47. The Balaban J connectivity index is 2.11. The van der Waals surface area contributed by atoms with Gasteiger partial charge in [0, 0.05) is 13.1 Å². The Hall–Kier alpha value is -2.59. The van der Waals surface area contributed by atoms with Gasteiger partial charge in [0.25, 0.3) is 0 Å². The van der Waals surface area contributed by atoms with Gasteiger partial charge in [0.15, 0.2) is 0 Å². The molecule has 162 valence electrons. The van der Waals surface area contributed by atoms with Crippen LogP contribution in [0.1, 0.15) is 23.7 Å². The van der Waals surface area contributed by atoms with Crippen LogP contribution in [-0.2, 0) is 14.8 Å². The number of aryl methyl sites for hydroxylation is 1. The predicted octanol–water partition coefficient (Wildman–Crippen LogP) is 3.49. The molecule has 0 saturated carbocycles. The zero-order valence-electron chi connectivity index (χ0n) is 16.4. The fourth-order valence-electron chi connectivity index (χ4n) is 3.39. The molecule has 1 unspecified atom stereocenters. The molecule has 0 spiro atoms. The summed E-state index contributed by atoms with van der Waals surface area (Å²) in [6, 6.07) is 12.0. The van der Waals surface area contributed by atoms with Gasteiger partial charge in [-0.05, 0) is 43.2 Å². The molecule has 3 rings (SSSR count). The molecular formula is C20H21F3N2O4S. The molecule has 1 atom stereocenters. The average Bonchev–Trinajstić information content (AvgIpc) is 2.72. The number of benzene rings is 2. The number of carbonyl (C=O) groups is 1. The van der Waals surface area contributed by atoms with Crippen LogP contribution in [0.4, 0.5) is 13.2 Å². The highest BCUT2D eigenvalue weighted by Crippen LogP contribution is 2.37. The number of methoxy groups -OCH3 is 1. The van der Waals surface area contributed by atoms with Gasteiger partial charge in [-0.3, -0.25) is 4.79 Å². The molecule has 1 aliphatic heterocycles. The van der Waals surface area contributed by atoms with Gasteiger partial charge >= 0.3 is 12.1 Å². The summed E-state index contributed by atoms with van der Waals surface area (Å²) in [5.74, 6) is -1.62. The van der Waals surface area contributed by atoms with E-state index in [1.165, 1.54) is 43.5 Å². The standard InChI is InChI=1S/C20H21F3N2O4S/c1-14-4-10-17(11-5-14)30(27,28)25-13-3-12-24(19(26)20(21,22)23)18(25)15-6-8-16(29-2)9-7-15/h4-11,18H,3,12-13H2,1-2H3. The molecule has 2 aromatic rings. The Bertz CT molecular complexity index is 1010. The van der Waals surface area contributed by atoms with Gasteiger partial charge in [0.2, 0.25) is 10.0 Å². The van der Waals surface area contributed by atoms with E-state index in [2.05, 4.69) is 0 Å². The van der Waals surface area contributed by atoms with Crippen LogP contribution in [0, 0.1) is 6.92 Å². The van der Waals surface area contributed by atoms with Crippen molar-refractivity contribution in [2.24, 2.45) is 0 Å². The van der Waals surface area contributed by atoms with Crippen molar-refractivity contribution in [3.05, 3.63) is 59.7 Å². The molecule has 1 aliphatic rings. The normalized spacial score (nSPS) is 18.3. The highest BCUT2D eigenvalue weighted by atomic mass is 32.2. The van der Waals surface area contributed by atoms with Gasteiger partial charge in [-0.2, -0.15) is 17.5 Å². The number of ether oxygens (including phenoxy) is 1. The Morgan fingerprint density at radius 1 is 1.03 bits per heavy atom. The molecule has 0 N–H and O–H groups in total. The summed E-state index contributed by atoms with van der Waals surface area (Å²) >= 11 is 0. The molecule has 1 heterocycles. The SMILES string of the molecule is COc1ccc(C2N(C(=O)C(F)(F)F)CCCN2S(=O)(=O)c2ccc(C)cc2)cc1. The topological polar surface area (TPSA) is 66.9 Å². The number of alkyl halides is 3. The molecule has 1 fully saturated rings. The van der Waals surface area contributed by atoms with Crippen LogP contribution in [0.3, 0.4) is 0 Å². The Morgan fingerprint density at radius 3 is 2.17 bits per heavy atom. The summed E-state index contributed by atoms with van der Waals surface area (Å²) < 4.78 is 72.4. The average molecular weight is 442 g/mol. The first-order valence-corrected chi connectivity index (χ1v) is 10.6. The zero-order valence-corrected chi connectivity index (χ0v) is 17.2. The number of hydrogen-bond acceptors (Lipinski definition) is 4. The summed E-state index contributed by atoms with van der Waals surface area (Å²) in [6.45, 7) is 1.56. The Kier molecular flexibility index (Phi) is 6.09. The largest absolute Gasteiger partial charge is 0.497 e. The number of sulfonamides is 1. The van der Waals surface area contributed by atoms with Gasteiger partial charge in [-0.1, -0.05) is 29.8 Å². The summed E-state index contributed by atoms with van der Waals surface area (Å²) in [5, 5.41) is 0. The van der Waals surface area contributed by atoms with Gasteiger partial charge in [-0.15, -0.1) is 0 Å². The molecule has 1 amide bonds. The van der Waals surface area contributed by atoms with Crippen LogP contribution < -0.4 is 4.74 Å². The predicted molar refractivity (Wildman–Crippen MR) is 103 cm³/mol. The molecule has 6 nitrogen and oxygen atoms in total. The van der Waals surface area contributed by atoms with E-state index >= 15 is 0 Å². The Morgan fingerprint density at radius 2 is 1.63 bits per heavy atom. The van der Waals surface area contributed by atoms with Crippen molar-refractivity contribution < 1.29 is 31.1 Å². The van der Waals surface area contributed by atoms with E-state index in [4.69, 9.17) is 4.74 Å². The third kappa shape index (κ3) is 4.29. The number of hydrogen-bond donors (Lipinski definition) is 0. The fourth-order valence-corrected chi connectivity index (χ4v) is 5.01. The highest BCUT2D eigenvalue weighted by Gasteiger charge is 2.49. The fraction of sp³-hybridized carbons (Fsp3) is 0.350. The maximum atomic E-state index is 13.3. The van der Waals surface area contributed by atoms with Crippen LogP contribution in [0.15, 0.2) is 53.4 Å². The molecule has 0 radical (unpaired) electrons. The van der Waals surface area contributed by atoms with Crippen LogP contribution >= 0.6 is 0 Å². The van der Waals surface area contributed by atoms with Crippen molar-refractivity contribution in [3.63, 3.8) is 0 Å². The van der Waals surface area contributed by atoms with Gasteiger partial charge in [0.05, 0.1) is 12.0 Å². The monoisotopic (exact) mass is 442 g/mol. The van der Waals surface area contributed by atoms with E-state index < -0.39 is 28.3 Å². The van der Waals surface area contributed by atoms with Crippen molar-refractivity contribution in [2.75, 3.05) is 20.2 Å². The van der Waals surface area contributed by atoms with E-state index in [1.807, 2.05) is 0 Å². The van der Waals surface area contributed by atoms with Gasteiger partial charge in [0.1, 0.15) is 11.9 Å². The van der Waals surface area contributed by atoms with Crippen molar-refractivity contribution >= 4 is 15.9 Å². The lowest BCUT2D eigenvalue weighted by atomic mass is 10.1. The molecule has 0 aliphatic carbocycles. The van der Waals surface area contributed by atoms with Crippen molar-refractivity contribution in [3.8, 4) is 5.75 Å². The van der Waals surface area contributed by atoms with E-state index in [0.717, 1.165) is 9.87 Å². The van der Waals surface area contributed by atoms with E-state index in [9.17, 15) is 26.4 Å². The molecule has 10 heteroatoms. The first kappa shape index (κ1) is 22.1. The third-order valence-corrected chi connectivity index (χ3v) is 6.76. The number of nitrogens with zero attached hydrogens (tertiary/aromatic N) is 2. The number of amides is 1. The maximum Gasteiger partial charge on any atom is 0.471 e. The van der Waals surface area contributed by atoms with E-state index in [-0.39, 0.29) is 30.0 Å². The van der Waals surface area contributed by atoms with Crippen molar-refractivity contribution in [2.45, 2.75) is 30.6 Å². The molecule has 2 aromatic carbocycles. The Labute approximate surface area is 172 Å². The van der Waals surface area contributed by atoms with Crippen LogP contribution in [0.25, 0.3) is 0 Å². The lowest BCUT2D eigenvalue weighted by Gasteiger charge is -2.43. The minimum absolute atomic E-state index is 0.0193. The molecule has 0 bridgehead atoms. The highest BCUT2D eigenvalue weighted by molar-refractivity contribution is 7.89. The second-order valence-electron chi connectivity index (χ2n) is 6.93. The van der Waals surface area contributed by atoms with E-state index in [0.29, 0.717) is 10.6 Å².